The molecule has 2 aliphatic rings. The molecule has 27 heavy (non-hydrogen) atoms. The van der Waals surface area contributed by atoms with Gasteiger partial charge < -0.3 is 24.4 Å². The van der Waals surface area contributed by atoms with E-state index >= 15 is 0 Å². The van der Waals surface area contributed by atoms with Crippen LogP contribution in [0.3, 0.4) is 0 Å². The van der Waals surface area contributed by atoms with E-state index in [1.807, 2.05) is 19.9 Å². The topological polar surface area (TPSA) is 85.2 Å². The molecule has 0 amide bonds. The number of phenols is 2. The van der Waals surface area contributed by atoms with Crippen LogP contribution in [0.15, 0.2) is 36.4 Å². The van der Waals surface area contributed by atoms with E-state index in [-0.39, 0.29) is 22.8 Å². The van der Waals surface area contributed by atoms with Crippen LogP contribution >= 0.6 is 0 Å². The van der Waals surface area contributed by atoms with Crippen LogP contribution in [0.25, 0.3) is 6.08 Å². The molecular formula is C21H20O6. The molecule has 4 rings (SSSR count). The summed E-state index contributed by atoms with van der Waals surface area (Å²) in [6.45, 7) is 3.78. The number of carbonyl (C=O) groups excluding carboxylic acids is 1. The van der Waals surface area contributed by atoms with Gasteiger partial charge in [-0.1, -0.05) is 18.2 Å². The lowest BCUT2D eigenvalue weighted by Gasteiger charge is -2.34. The van der Waals surface area contributed by atoms with Crippen molar-refractivity contribution in [2.45, 2.75) is 31.7 Å². The fourth-order valence-electron chi connectivity index (χ4n) is 3.48. The Kier molecular flexibility index (Phi) is 3.89. The summed E-state index contributed by atoms with van der Waals surface area (Å²) in [7, 11) is 1.39. The minimum atomic E-state index is -1.00. The highest BCUT2D eigenvalue weighted by molar-refractivity contribution is 6.07. The third kappa shape index (κ3) is 2.73. The van der Waals surface area contributed by atoms with Crippen LogP contribution < -0.4 is 9.47 Å². The summed E-state index contributed by atoms with van der Waals surface area (Å²) in [5.41, 5.74) is 0.376. The number of fused-ring (bicyclic) bond motifs is 2. The van der Waals surface area contributed by atoms with Crippen molar-refractivity contribution in [2.24, 2.45) is 0 Å². The molecule has 2 N–H and O–H groups in total. The van der Waals surface area contributed by atoms with E-state index < -0.39 is 23.6 Å². The van der Waals surface area contributed by atoms with Crippen molar-refractivity contribution in [3.8, 4) is 23.0 Å². The number of benzene rings is 2. The van der Waals surface area contributed by atoms with Gasteiger partial charge in [-0.05, 0) is 32.1 Å². The van der Waals surface area contributed by atoms with Gasteiger partial charge in [0.2, 0.25) is 5.78 Å². The van der Waals surface area contributed by atoms with Gasteiger partial charge in [-0.2, -0.15) is 0 Å². The second-order valence-electron chi connectivity index (χ2n) is 7.17. The first-order valence-electron chi connectivity index (χ1n) is 8.62. The maximum absolute atomic E-state index is 13.1. The quantitative estimate of drug-likeness (QED) is 0.842. The van der Waals surface area contributed by atoms with Crippen LogP contribution in [0.5, 0.6) is 23.0 Å². The predicted molar refractivity (Wildman–Crippen MR) is 98.5 cm³/mol. The van der Waals surface area contributed by atoms with Gasteiger partial charge in [0.05, 0.1) is 5.56 Å². The molecule has 6 nitrogen and oxygen atoms in total. The molecule has 2 aliphatic heterocycles. The van der Waals surface area contributed by atoms with Crippen molar-refractivity contribution in [3.63, 3.8) is 0 Å². The number of methoxy groups -OCH3 is 1. The van der Waals surface area contributed by atoms with Gasteiger partial charge in [0.25, 0.3) is 0 Å². The van der Waals surface area contributed by atoms with E-state index in [1.54, 1.807) is 30.3 Å². The molecule has 0 radical (unpaired) electrons. The zero-order valence-corrected chi connectivity index (χ0v) is 15.2. The zero-order chi connectivity index (χ0) is 19.3. The van der Waals surface area contributed by atoms with Crippen LogP contribution in [0.1, 0.15) is 41.4 Å². The summed E-state index contributed by atoms with van der Waals surface area (Å²) < 4.78 is 17.3. The number of hydrogen-bond donors (Lipinski definition) is 2. The Morgan fingerprint density at radius 2 is 1.89 bits per heavy atom. The minimum Gasteiger partial charge on any atom is -0.508 e. The lowest BCUT2D eigenvalue weighted by molar-refractivity contribution is -0.00191. The third-order valence-corrected chi connectivity index (χ3v) is 4.82. The largest absolute Gasteiger partial charge is 0.508 e. The number of ketones is 1. The second kappa shape index (κ2) is 6.03. The molecule has 2 atom stereocenters. The number of rotatable bonds is 2. The molecule has 6 heteroatoms. The lowest BCUT2D eigenvalue weighted by Crippen LogP contribution is -2.38. The Balaban J connectivity index is 1.86. The number of carbonyl (C=O) groups is 1. The molecule has 2 heterocycles. The van der Waals surface area contributed by atoms with Crippen molar-refractivity contribution in [1.29, 1.82) is 0 Å². The Labute approximate surface area is 156 Å². The maximum Gasteiger partial charge on any atom is 0.203 e. The van der Waals surface area contributed by atoms with E-state index in [0.29, 0.717) is 16.9 Å². The Morgan fingerprint density at radius 1 is 1.15 bits per heavy atom. The van der Waals surface area contributed by atoms with Crippen molar-refractivity contribution in [3.05, 3.63) is 53.1 Å². The van der Waals surface area contributed by atoms with Crippen molar-refractivity contribution >= 4 is 11.9 Å². The first-order valence-corrected chi connectivity index (χ1v) is 8.62. The van der Waals surface area contributed by atoms with E-state index in [0.717, 1.165) is 0 Å². The molecule has 0 bridgehead atoms. The van der Waals surface area contributed by atoms with Crippen LogP contribution in [-0.2, 0) is 4.74 Å². The number of hydrogen-bond acceptors (Lipinski definition) is 6. The number of phenolic OH excluding ortho intramolecular Hbond substituents is 2. The van der Waals surface area contributed by atoms with Gasteiger partial charge >= 0.3 is 0 Å². The summed E-state index contributed by atoms with van der Waals surface area (Å²) in [5.74, 6) is 0.0215. The molecular weight excluding hydrogens is 348 g/mol. The van der Waals surface area contributed by atoms with Crippen molar-refractivity contribution in [1.82, 2.24) is 0 Å². The van der Waals surface area contributed by atoms with E-state index in [1.165, 1.54) is 13.2 Å². The highest BCUT2D eigenvalue weighted by Gasteiger charge is 2.43. The van der Waals surface area contributed by atoms with E-state index in [9.17, 15) is 15.0 Å². The van der Waals surface area contributed by atoms with Crippen molar-refractivity contribution < 1.29 is 29.2 Å². The molecule has 0 aliphatic carbocycles. The number of Topliss-reactive ketones (excluding diaryl/α,β-unsaturated/α-hetero) is 1. The molecule has 0 fully saturated rings. The average molecular weight is 368 g/mol. The number of aromatic hydroxyl groups is 2. The predicted octanol–water partition coefficient (Wildman–Crippen LogP) is 3.61. The summed E-state index contributed by atoms with van der Waals surface area (Å²) >= 11 is 0. The Hall–Kier alpha value is -2.99. The number of para-hydroxylation sites is 1. The average Bonchev–Trinajstić information content (AvgIpc) is 2.60. The standard InChI is InChI=1S/C21H20O6/c1-21(2)9-8-12-14(27-21)10-15-16(17(12)23)18(24)20(25-3)19(26-15)11-6-4-5-7-13(11)22/h4-10,19-20,22-23H,1-3H3. The van der Waals surface area contributed by atoms with Gasteiger partial charge in [0, 0.05) is 18.7 Å². The maximum atomic E-state index is 13.1. The molecule has 0 saturated heterocycles. The molecule has 2 unspecified atom stereocenters. The summed E-state index contributed by atoms with van der Waals surface area (Å²) in [5, 5.41) is 20.9. The fourth-order valence-corrected chi connectivity index (χ4v) is 3.48. The number of ether oxygens (including phenoxy) is 3. The molecule has 0 saturated carbocycles. The van der Waals surface area contributed by atoms with Gasteiger partial charge in [-0.3, -0.25) is 4.79 Å². The monoisotopic (exact) mass is 368 g/mol. The molecule has 0 aromatic heterocycles. The molecule has 140 valence electrons. The Bertz CT molecular complexity index is 959. The fraction of sp³-hybridized carbons (Fsp3) is 0.286. The third-order valence-electron chi connectivity index (χ3n) is 4.82. The first kappa shape index (κ1) is 17.4. The van der Waals surface area contributed by atoms with Crippen LogP contribution in [0.2, 0.25) is 0 Å². The van der Waals surface area contributed by atoms with E-state index in [2.05, 4.69) is 0 Å². The van der Waals surface area contributed by atoms with Crippen LogP contribution in [0.4, 0.5) is 0 Å². The van der Waals surface area contributed by atoms with E-state index in [4.69, 9.17) is 14.2 Å². The lowest BCUT2D eigenvalue weighted by atomic mass is 9.90. The first-order chi connectivity index (χ1) is 12.8. The summed E-state index contributed by atoms with van der Waals surface area (Å²) in [4.78, 5) is 13.1. The van der Waals surface area contributed by atoms with Crippen LogP contribution in [-0.4, -0.2) is 34.8 Å². The zero-order valence-electron chi connectivity index (χ0n) is 15.2. The SMILES string of the molecule is COC1C(=O)c2c(cc3c(c2O)C=CC(C)(C)O3)OC1c1ccccc1O. The second-order valence-corrected chi connectivity index (χ2v) is 7.17. The highest BCUT2D eigenvalue weighted by Crippen LogP contribution is 2.48. The normalized spacial score (nSPS) is 22.4. The smallest absolute Gasteiger partial charge is 0.203 e. The van der Waals surface area contributed by atoms with Gasteiger partial charge in [-0.15, -0.1) is 0 Å². The Morgan fingerprint density at radius 3 is 2.59 bits per heavy atom. The minimum absolute atomic E-state index is 0.00305. The van der Waals surface area contributed by atoms with Gasteiger partial charge in [-0.25, -0.2) is 0 Å². The molecule has 2 aromatic rings. The van der Waals surface area contributed by atoms with Crippen LogP contribution in [0, 0.1) is 0 Å². The summed E-state index contributed by atoms with van der Waals surface area (Å²) in [6.07, 6.45) is 1.70. The highest BCUT2D eigenvalue weighted by atomic mass is 16.5. The molecule has 0 spiro atoms. The van der Waals surface area contributed by atoms with Gasteiger partial charge in [0.1, 0.15) is 34.2 Å². The molecule has 2 aromatic carbocycles. The summed E-state index contributed by atoms with van der Waals surface area (Å²) in [6, 6.07) is 8.22. The van der Waals surface area contributed by atoms with Gasteiger partial charge in [0.15, 0.2) is 12.2 Å². The van der Waals surface area contributed by atoms with Crippen molar-refractivity contribution in [2.75, 3.05) is 7.11 Å².